The summed E-state index contributed by atoms with van der Waals surface area (Å²) in [7, 11) is 1.47. The van der Waals surface area contributed by atoms with E-state index < -0.39 is 5.82 Å². The number of benzene rings is 2. The van der Waals surface area contributed by atoms with Crippen molar-refractivity contribution < 1.29 is 13.9 Å². The number of rotatable bonds is 3. The summed E-state index contributed by atoms with van der Waals surface area (Å²) in [6.45, 7) is 3.78. The summed E-state index contributed by atoms with van der Waals surface area (Å²) >= 11 is 0. The average molecular weight is 258 g/mol. The Hall–Kier alpha value is -2.16. The first-order chi connectivity index (χ1) is 9.02. The molecule has 0 amide bonds. The molecule has 0 bridgehead atoms. The Balaban J connectivity index is 2.55. The summed E-state index contributed by atoms with van der Waals surface area (Å²) in [6, 6.07) is 9.58. The molecule has 2 nitrogen and oxygen atoms in total. The maximum Gasteiger partial charge on any atom is 0.197 e. The van der Waals surface area contributed by atoms with Crippen LogP contribution in [-0.2, 0) is 0 Å². The summed E-state index contributed by atoms with van der Waals surface area (Å²) in [5, 5.41) is 0. The minimum absolute atomic E-state index is 0.224. The highest BCUT2D eigenvalue weighted by Gasteiger charge is 2.17. The topological polar surface area (TPSA) is 26.3 Å². The van der Waals surface area contributed by atoms with E-state index in [9.17, 15) is 9.18 Å². The molecule has 19 heavy (non-hydrogen) atoms. The lowest BCUT2D eigenvalue weighted by molar-refractivity contribution is 0.103. The van der Waals surface area contributed by atoms with Crippen LogP contribution in [0.25, 0.3) is 0 Å². The highest BCUT2D eigenvalue weighted by molar-refractivity contribution is 6.11. The SMILES string of the molecule is COc1ccc(F)cc1C(=O)c1cc(C)ccc1C. The Kier molecular flexibility index (Phi) is 3.65. The standard InChI is InChI=1S/C16H15FO2/c1-10-4-5-11(2)13(8-10)16(18)14-9-12(17)6-7-15(14)19-3/h4-9H,1-3H3. The minimum atomic E-state index is -0.450. The van der Waals surface area contributed by atoms with Crippen LogP contribution in [0.1, 0.15) is 27.0 Å². The fourth-order valence-corrected chi connectivity index (χ4v) is 1.98. The van der Waals surface area contributed by atoms with Crippen LogP contribution in [0.4, 0.5) is 4.39 Å². The van der Waals surface area contributed by atoms with Crippen molar-refractivity contribution in [2.45, 2.75) is 13.8 Å². The molecule has 0 radical (unpaired) electrons. The molecule has 0 fully saturated rings. The fraction of sp³-hybridized carbons (Fsp3) is 0.188. The van der Waals surface area contributed by atoms with Crippen LogP contribution in [0.15, 0.2) is 36.4 Å². The van der Waals surface area contributed by atoms with Gasteiger partial charge in [0.1, 0.15) is 11.6 Å². The molecule has 0 saturated carbocycles. The molecule has 0 N–H and O–H groups in total. The number of hydrogen-bond donors (Lipinski definition) is 0. The van der Waals surface area contributed by atoms with Crippen LogP contribution in [0.2, 0.25) is 0 Å². The number of carbonyl (C=O) groups excluding carboxylic acids is 1. The van der Waals surface area contributed by atoms with Crippen LogP contribution in [0.3, 0.4) is 0 Å². The smallest absolute Gasteiger partial charge is 0.197 e. The van der Waals surface area contributed by atoms with E-state index in [0.29, 0.717) is 11.3 Å². The second-order valence-corrected chi connectivity index (χ2v) is 4.49. The number of ketones is 1. The molecule has 0 aliphatic rings. The van der Waals surface area contributed by atoms with E-state index in [2.05, 4.69) is 0 Å². The summed E-state index contributed by atoms with van der Waals surface area (Å²) in [6.07, 6.45) is 0. The van der Waals surface area contributed by atoms with Crippen LogP contribution in [-0.4, -0.2) is 12.9 Å². The van der Waals surface area contributed by atoms with Gasteiger partial charge in [-0.3, -0.25) is 4.79 Å². The quantitative estimate of drug-likeness (QED) is 0.785. The highest BCUT2D eigenvalue weighted by atomic mass is 19.1. The molecule has 0 unspecified atom stereocenters. The van der Waals surface area contributed by atoms with Gasteiger partial charge >= 0.3 is 0 Å². The molecule has 0 atom stereocenters. The number of methoxy groups -OCH3 is 1. The van der Waals surface area contributed by atoms with Crippen LogP contribution in [0, 0.1) is 19.7 Å². The first-order valence-corrected chi connectivity index (χ1v) is 5.98. The van der Waals surface area contributed by atoms with Crippen molar-refractivity contribution in [3.8, 4) is 5.75 Å². The van der Waals surface area contributed by atoms with Gasteiger partial charge < -0.3 is 4.74 Å². The first kappa shape index (κ1) is 13.3. The molecule has 2 aromatic carbocycles. The number of hydrogen-bond acceptors (Lipinski definition) is 2. The normalized spacial score (nSPS) is 10.3. The monoisotopic (exact) mass is 258 g/mol. The zero-order valence-electron chi connectivity index (χ0n) is 11.2. The van der Waals surface area contributed by atoms with Gasteiger partial charge in [0.05, 0.1) is 12.7 Å². The minimum Gasteiger partial charge on any atom is -0.496 e. The predicted molar refractivity (Wildman–Crippen MR) is 72.3 cm³/mol. The van der Waals surface area contributed by atoms with Crippen LogP contribution < -0.4 is 4.74 Å². The van der Waals surface area contributed by atoms with Crippen molar-refractivity contribution in [1.29, 1.82) is 0 Å². The van der Waals surface area contributed by atoms with E-state index in [1.54, 1.807) is 0 Å². The maximum absolute atomic E-state index is 13.3. The van der Waals surface area contributed by atoms with Gasteiger partial charge in [-0.1, -0.05) is 17.7 Å². The third-order valence-electron chi connectivity index (χ3n) is 3.04. The Labute approximate surface area is 111 Å². The average Bonchev–Trinajstić information content (AvgIpc) is 2.40. The van der Waals surface area contributed by atoms with E-state index in [1.807, 2.05) is 32.0 Å². The van der Waals surface area contributed by atoms with Crippen LogP contribution in [0.5, 0.6) is 5.75 Å². The lowest BCUT2D eigenvalue weighted by Crippen LogP contribution is -2.06. The van der Waals surface area contributed by atoms with Crippen molar-refractivity contribution in [2.24, 2.45) is 0 Å². The highest BCUT2D eigenvalue weighted by Crippen LogP contribution is 2.24. The molecule has 0 saturated heterocycles. The molecule has 0 aromatic heterocycles. The fourth-order valence-electron chi connectivity index (χ4n) is 1.98. The van der Waals surface area contributed by atoms with Gasteiger partial charge in [0.2, 0.25) is 0 Å². The Bertz CT molecular complexity index is 633. The van der Waals surface area contributed by atoms with E-state index >= 15 is 0 Å². The van der Waals surface area contributed by atoms with Gasteiger partial charge in [0.25, 0.3) is 0 Å². The van der Waals surface area contributed by atoms with Crippen molar-refractivity contribution in [3.05, 3.63) is 64.5 Å². The van der Waals surface area contributed by atoms with Crippen molar-refractivity contribution in [3.63, 3.8) is 0 Å². The van der Waals surface area contributed by atoms with E-state index in [-0.39, 0.29) is 11.3 Å². The maximum atomic E-state index is 13.3. The molecule has 2 rings (SSSR count). The number of carbonyl (C=O) groups is 1. The van der Waals surface area contributed by atoms with Gasteiger partial charge in [-0.2, -0.15) is 0 Å². The molecule has 3 heteroatoms. The Morgan fingerprint density at radius 3 is 2.47 bits per heavy atom. The van der Waals surface area contributed by atoms with Gasteiger partial charge in [-0.05, 0) is 43.7 Å². The molecule has 98 valence electrons. The molecule has 0 aliphatic heterocycles. The third-order valence-corrected chi connectivity index (χ3v) is 3.04. The third kappa shape index (κ3) is 2.65. The lowest BCUT2D eigenvalue weighted by Gasteiger charge is -2.10. The summed E-state index contributed by atoms with van der Waals surface area (Å²) in [5.74, 6) is -0.292. The molecule has 0 spiro atoms. The van der Waals surface area contributed by atoms with Crippen molar-refractivity contribution in [1.82, 2.24) is 0 Å². The number of ether oxygens (including phenoxy) is 1. The number of halogens is 1. The molecular weight excluding hydrogens is 243 g/mol. The van der Waals surface area contributed by atoms with Gasteiger partial charge in [0, 0.05) is 5.56 Å². The van der Waals surface area contributed by atoms with Crippen LogP contribution >= 0.6 is 0 Å². The van der Waals surface area contributed by atoms with Gasteiger partial charge in [0.15, 0.2) is 5.78 Å². The largest absolute Gasteiger partial charge is 0.496 e. The molecule has 0 aliphatic carbocycles. The summed E-state index contributed by atoms with van der Waals surface area (Å²) in [4.78, 5) is 12.5. The van der Waals surface area contributed by atoms with E-state index in [4.69, 9.17) is 4.74 Å². The Morgan fingerprint density at radius 2 is 1.79 bits per heavy atom. The zero-order valence-corrected chi connectivity index (χ0v) is 11.2. The van der Waals surface area contributed by atoms with E-state index in [1.165, 1.54) is 25.3 Å². The first-order valence-electron chi connectivity index (χ1n) is 5.98. The zero-order chi connectivity index (χ0) is 14.0. The summed E-state index contributed by atoms with van der Waals surface area (Å²) < 4.78 is 18.5. The predicted octanol–water partition coefficient (Wildman–Crippen LogP) is 3.68. The molecule has 0 heterocycles. The molecule has 2 aromatic rings. The summed E-state index contributed by atoms with van der Waals surface area (Å²) in [5.41, 5.74) is 2.67. The lowest BCUT2D eigenvalue weighted by atomic mass is 9.97. The van der Waals surface area contributed by atoms with E-state index in [0.717, 1.165) is 11.1 Å². The Morgan fingerprint density at radius 1 is 1.05 bits per heavy atom. The second kappa shape index (κ2) is 5.22. The number of aryl methyl sites for hydroxylation is 2. The molecular formula is C16H15FO2. The van der Waals surface area contributed by atoms with Crippen molar-refractivity contribution >= 4 is 5.78 Å². The van der Waals surface area contributed by atoms with Gasteiger partial charge in [-0.15, -0.1) is 0 Å². The van der Waals surface area contributed by atoms with Crippen molar-refractivity contribution in [2.75, 3.05) is 7.11 Å². The van der Waals surface area contributed by atoms with Gasteiger partial charge in [-0.25, -0.2) is 4.39 Å². The second-order valence-electron chi connectivity index (χ2n) is 4.49.